The summed E-state index contributed by atoms with van der Waals surface area (Å²) in [5.41, 5.74) is 0.294. The molecule has 0 atom stereocenters. The van der Waals surface area contributed by atoms with Crippen molar-refractivity contribution in [2.75, 3.05) is 0 Å². The van der Waals surface area contributed by atoms with E-state index in [9.17, 15) is 9.59 Å². The Morgan fingerprint density at radius 2 is 1.65 bits per heavy atom. The Morgan fingerprint density at radius 3 is 2.24 bits per heavy atom. The van der Waals surface area contributed by atoms with Crippen LogP contribution in [-0.4, -0.2) is 22.2 Å². The van der Waals surface area contributed by atoms with Crippen LogP contribution in [0.5, 0.6) is 0 Å². The molecule has 0 aliphatic carbocycles. The van der Waals surface area contributed by atoms with Gasteiger partial charge in [0.05, 0.1) is 0 Å². The third-order valence-electron chi connectivity index (χ3n) is 2.24. The van der Waals surface area contributed by atoms with E-state index in [1.807, 2.05) is 0 Å². The van der Waals surface area contributed by atoms with Gasteiger partial charge in [0, 0.05) is 5.56 Å². The molecule has 0 saturated carbocycles. The molecule has 17 heavy (non-hydrogen) atoms. The van der Waals surface area contributed by atoms with Crippen LogP contribution in [-0.2, 0) is 0 Å². The van der Waals surface area contributed by atoms with Crippen LogP contribution < -0.4 is 29.6 Å². The number of benzene rings is 2. The molecule has 0 radical (unpaired) electrons. The fraction of sp³-hybridized carbons (Fsp3) is 0. The molecule has 2 N–H and O–H groups in total. The van der Waals surface area contributed by atoms with Crippen LogP contribution in [0.25, 0.3) is 10.8 Å². The molecular weight excluding hydrogens is 231 g/mol. The number of hydrogen-bond donors (Lipinski definition) is 2. The van der Waals surface area contributed by atoms with E-state index in [0.29, 0.717) is 10.8 Å². The molecule has 0 amide bonds. The molecule has 0 aliphatic rings. The number of fused-ring (bicyclic) bond motifs is 1. The molecule has 5 heteroatoms. The van der Waals surface area contributed by atoms with E-state index in [1.165, 1.54) is 24.3 Å². The largest absolute Gasteiger partial charge is 1.00 e. The van der Waals surface area contributed by atoms with Crippen molar-refractivity contribution in [1.82, 2.24) is 0 Å². The van der Waals surface area contributed by atoms with Gasteiger partial charge in [0.15, 0.2) is 0 Å². The topological polar surface area (TPSA) is 74.6 Å². The maximum absolute atomic E-state index is 10.7. The van der Waals surface area contributed by atoms with Crippen molar-refractivity contribution in [3.8, 4) is 0 Å². The van der Waals surface area contributed by atoms with Crippen LogP contribution >= 0.6 is 0 Å². The molecule has 0 unspecified atom stereocenters. The van der Waals surface area contributed by atoms with Gasteiger partial charge < -0.3 is 10.2 Å². The van der Waals surface area contributed by atoms with Crippen molar-refractivity contribution in [3.63, 3.8) is 0 Å². The molecule has 4 nitrogen and oxygen atoms in total. The summed E-state index contributed by atoms with van der Waals surface area (Å²) in [6.07, 6.45) is 0. The molecule has 2 rings (SSSR count). The first-order valence-corrected chi connectivity index (χ1v) is 4.50. The van der Waals surface area contributed by atoms with E-state index in [-0.39, 0.29) is 40.7 Å². The summed E-state index contributed by atoms with van der Waals surface area (Å²) in [5, 5.41) is 18.8. The molecule has 2 aromatic carbocycles. The average molecular weight is 238 g/mol. The van der Waals surface area contributed by atoms with Crippen LogP contribution in [0.3, 0.4) is 0 Å². The van der Waals surface area contributed by atoms with Crippen LogP contribution in [0.4, 0.5) is 0 Å². The normalized spacial score (nSPS) is 9.65. The summed E-state index contributed by atoms with van der Waals surface area (Å²) >= 11 is 0. The SMILES string of the molecule is O=C(O)c1ccc2cc(C(=O)O)c[c-]c2c1.[Na+]. The monoisotopic (exact) mass is 238 g/mol. The summed E-state index contributed by atoms with van der Waals surface area (Å²) in [5.74, 6) is -2.04. The molecule has 0 aromatic heterocycles. The van der Waals surface area contributed by atoms with Gasteiger partial charge in [-0.05, 0) is 5.56 Å². The molecule has 0 aliphatic heterocycles. The van der Waals surface area contributed by atoms with Gasteiger partial charge in [-0.25, -0.2) is 4.79 Å². The number of carbonyl (C=O) groups is 2. The first-order chi connectivity index (χ1) is 7.58. The van der Waals surface area contributed by atoms with Gasteiger partial charge >= 0.3 is 35.5 Å². The minimum atomic E-state index is -1.03. The minimum absolute atomic E-state index is 0. The van der Waals surface area contributed by atoms with Gasteiger partial charge in [0.2, 0.25) is 0 Å². The number of rotatable bonds is 2. The Morgan fingerprint density at radius 1 is 1.00 bits per heavy atom. The summed E-state index contributed by atoms with van der Waals surface area (Å²) in [6, 6.07) is 10.0. The predicted molar refractivity (Wildman–Crippen MR) is 56.7 cm³/mol. The Labute approximate surface area is 119 Å². The first kappa shape index (κ1) is 13.7. The predicted octanol–water partition coefficient (Wildman–Crippen LogP) is -0.960. The van der Waals surface area contributed by atoms with Crippen molar-refractivity contribution in [2.45, 2.75) is 0 Å². The standard InChI is InChI=1S/C12H7O4.Na/c13-11(14)9-3-1-7-5-10(12(15)16)4-2-8(7)6-9;/h1,3-6H,(H,13,14)(H,15,16);/q-1;+1. The van der Waals surface area contributed by atoms with Gasteiger partial charge in [-0.1, -0.05) is 12.1 Å². The molecular formula is C12H7NaO4. The molecule has 80 valence electrons. The van der Waals surface area contributed by atoms with Gasteiger partial charge in [-0.2, -0.15) is 0 Å². The van der Waals surface area contributed by atoms with Crippen molar-refractivity contribution in [1.29, 1.82) is 0 Å². The number of carboxylic acid groups (broad SMARTS) is 2. The molecule has 0 fully saturated rings. The fourth-order valence-electron chi connectivity index (χ4n) is 1.43. The van der Waals surface area contributed by atoms with E-state index in [0.717, 1.165) is 0 Å². The molecule has 0 saturated heterocycles. The first-order valence-electron chi connectivity index (χ1n) is 4.50. The van der Waals surface area contributed by atoms with Crippen LogP contribution in [0.15, 0.2) is 30.3 Å². The second-order valence-corrected chi connectivity index (χ2v) is 3.30. The Balaban J connectivity index is 0.00000144. The molecule has 0 spiro atoms. The quantitative estimate of drug-likeness (QED) is 0.522. The second kappa shape index (κ2) is 5.31. The van der Waals surface area contributed by atoms with Crippen molar-refractivity contribution in [3.05, 3.63) is 47.5 Å². The summed E-state index contributed by atoms with van der Waals surface area (Å²) in [7, 11) is 0. The van der Waals surface area contributed by atoms with Crippen LogP contribution in [0.2, 0.25) is 0 Å². The summed E-state index contributed by atoms with van der Waals surface area (Å²) in [6.45, 7) is 0. The smallest absolute Gasteiger partial charge is 0.485 e. The van der Waals surface area contributed by atoms with E-state index < -0.39 is 11.9 Å². The zero-order valence-electron chi connectivity index (χ0n) is 9.10. The summed E-state index contributed by atoms with van der Waals surface area (Å²) in [4.78, 5) is 21.4. The Bertz CT molecular complexity index is 539. The zero-order valence-corrected chi connectivity index (χ0v) is 11.1. The third kappa shape index (κ3) is 2.85. The molecule has 2 aromatic rings. The van der Waals surface area contributed by atoms with Crippen molar-refractivity contribution in [2.24, 2.45) is 0 Å². The van der Waals surface area contributed by atoms with Gasteiger partial charge in [0.1, 0.15) is 0 Å². The number of hydrogen-bond acceptors (Lipinski definition) is 2. The summed E-state index contributed by atoms with van der Waals surface area (Å²) < 4.78 is 0. The van der Waals surface area contributed by atoms with E-state index in [1.54, 1.807) is 6.07 Å². The van der Waals surface area contributed by atoms with E-state index in [2.05, 4.69) is 6.07 Å². The number of carboxylic acids is 2. The second-order valence-electron chi connectivity index (χ2n) is 3.30. The minimum Gasteiger partial charge on any atom is -0.485 e. The average Bonchev–Trinajstić information content (AvgIpc) is 2.27. The maximum Gasteiger partial charge on any atom is 1.00 e. The van der Waals surface area contributed by atoms with Gasteiger partial charge in [-0.15, -0.1) is 35.0 Å². The van der Waals surface area contributed by atoms with Gasteiger partial charge in [-0.3, -0.25) is 4.79 Å². The maximum atomic E-state index is 10.7. The Kier molecular flexibility index (Phi) is 4.28. The van der Waals surface area contributed by atoms with Crippen LogP contribution in [0, 0.1) is 6.07 Å². The van der Waals surface area contributed by atoms with Crippen molar-refractivity contribution < 1.29 is 49.4 Å². The Hall–Kier alpha value is -1.36. The van der Waals surface area contributed by atoms with Crippen molar-refractivity contribution >= 4 is 22.7 Å². The molecule has 0 heterocycles. The van der Waals surface area contributed by atoms with Gasteiger partial charge in [0.25, 0.3) is 5.97 Å². The van der Waals surface area contributed by atoms with E-state index >= 15 is 0 Å². The third-order valence-corrected chi connectivity index (χ3v) is 2.24. The van der Waals surface area contributed by atoms with Crippen LogP contribution in [0.1, 0.15) is 20.7 Å². The van der Waals surface area contributed by atoms with E-state index in [4.69, 9.17) is 10.2 Å². The fourth-order valence-corrected chi connectivity index (χ4v) is 1.43. The molecule has 0 bridgehead atoms. The zero-order chi connectivity index (χ0) is 11.7. The number of aromatic carboxylic acids is 2.